The first-order chi connectivity index (χ1) is 11.4. The van der Waals surface area contributed by atoms with E-state index in [0.717, 1.165) is 16.8 Å². The number of aromatic nitrogens is 1. The number of rotatable bonds is 5. The van der Waals surface area contributed by atoms with E-state index >= 15 is 0 Å². The maximum absolute atomic E-state index is 12.2. The molecule has 0 saturated carbocycles. The number of ether oxygens (including phenoxy) is 1. The number of pyridine rings is 1. The van der Waals surface area contributed by atoms with Crippen LogP contribution in [-0.4, -0.2) is 17.6 Å². The fourth-order valence-corrected chi connectivity index (χ4v) is 2.47. The third-order valence-corrected chi connectivity index (χ3v) is 4.17. The molecule has 1 heterocycles. The number of anilines is 1. The zero-order chi connectivity index (χ0) is 17.7. The Labute approximate surface area is 151 Å². The minimum Gasteiger partial charge on any atom is -0.463 e. The molecular formula is C18H18Cl2N2O2. The van der Waals surface area contributed by atoms with Gasteiger partial charge in [-0.1, -0.05) is 23.2 Å². The highest BCUT2D eigenvalue weighted by atomic mass is 35.5. The summed E-state index contributed by atoms with van der Waals surface area (Å²) < 4.78 is 5.13. The van der Waals surface area contributed by atoms with Crippen molar-refractivity contribution in [2.75, 3.05) is 11.9 Å². The number of halogens is 2. The summed E-state index contributed by atoms with van der Waals surface area (Å²) in [6, 6.07) is 7.04. The molecule has 0 aliphatic heterocycles. The van der Waals surface area contributed by atoms with Crippen LogP contribution in [0.1, 0.15) is 25.0 Å². The van der Waals surface area contributed by atoms with E-state index in [0.29, 0.717) is 27.9 Å². The molecule has 0 saturated heterocycles. The summed E-state index contributed by atoms with van der Waals surface area (Å²) in [4.78, 5) is 16.3. The van der Waals surface area contributed by atoms with E-state index in [9.17, 15) is 4.79 Å². The Kier molecular flexibility index (Phi) is 6.23. The van der Waals surface area contributed by atoms with Crippen molar-refractivity contribution in [2.24, 2.45) is 0 Å². The van der Waals surface area contributed by atoms with E-state index in [1.54, 1.807) is 44.4 Å². The van der Waals surface area contributed by atoms with Gasteiger partial charge < -0.3 is 10.1 Å². The number of aryl methyl sites for hydroxylation is 1. The molecule has 4 nitrogen and oxygen atoms in total. The van der Waals surface area contributed by atoms with Gasteiger partial charge in [0.1, 0.15) is 0 Å². The molecule has 0 amide bonds. The highest BCUT2D eigenvalue weighted by Gasteiger charge is 2.16. The first kappa shape index (κ1) is 18.3. The summed E-state index contributed by atoms with van der Waals surface area (Å²) in [5.41, 5.74) is 3.63. The van der Waals surface area contributed by atoms with Gasteiger partial charge in [0.15, 0.2) is 0 Å². The lowest BCUT2D eigenvalue weighted by Gasteiger charge is -2.17. The molecule has 1 N–H and O–H groups in total. The van der Waals surface area contributed by atoms with E-state index < -0.39 is 0 Å². The normalized spacial score (nSPS) is 11.7. The molecule has 0 aliphatic carbocycles. The number of esters is 1. The molecule has 0 bridgehead atoms. The molecule has 2 rings (SSSR count). The Bertz CT molecular complexity index is 788. The van der Waals surface area contributed by atoms with Crippen LogP contribution in [0.25, 0.3) is 5.70 Å². The standard InChI is InChI=1S/C18H18Cl2N2O2/c1-4-24-18(23)12(3)17(14-7-8-21-10-11(14)2)22-13-5-6-15(19)16(20)9-13/h5-10,22H,4H2,1-3H3/b17-12-. The highest BCUT2D eigenvalue weighted by Crippen LogP contribution is 2.29. The first-order valence-electron chi connectivity index (χ1n) is 7.45. The van der Waals surface area contributed by atoms with Crippen LogP contribution in [0.4, 0.5) is 5.69 Å². The lowest BCUT2D eigenvalue weighted by Crippen LogP contribution is -2.12. The monoisotopic (exact) mass is 364 g/mol. The molecular weight excluding hydrogens is 347 g/mol. The van der Waals surface area contributed by atoms with Crippen molar-refractivity contribution in [2.45, 2.75) is 20.8 Å². The fourth-order valence-electron chi connectivity index (χ4n) is 2.18. The fraction of sp³-hybridized carbons (Fsp3) is 0.222. The summed E-state index contributed by atoms with van der Waals surface area (Å²) in [5.74, 6) is -0.378. The van der Waals surface area contributed by atoms with Crippen molar-refractivity contribution in [1.82, 2.24) is 4.98 Å². The van der Waals surface area contributed by atoms with Gasteiger partial charge in [0.2, 0.25) is 0 Å². The average Bonchev–Trinajstić information content (AvgIpc) is 2.56. The molecule has 6 heteroatoms. The zero-order valence-corrected chi connectivity index (χ0v) is 15.2. The lowest BCUT2D eigenvalue weighted by molar-refractivity contribution is -0.138. The van der Waals surface area contributed by atoms with Crippen LogP contribution in [0, 0.1) is 6.92 Å². The van der Waals surface area contributed by atoms with Gasteiger partial charge in [-0.3, -0.25) is 4.98 Å². The Hall–Kier alpha value is -2.04. The quantitative estimate of drug-likeness (QED) is 0.591. The second-order valence-corrected chi connectivity index (χ2v) is 5.98. The van der Waals surface area contributed by atoms with E-state index in [-0.39, 0.29) is 5.97 Å². The molecule has 0 spiro atoms. The number of carbonyl (C=O) groups excluding carboxylic acids is 1. The van der Waals surface area contributed by atoms with Crippen LogP contribution < -0.4 is 5.32 Å². The van der Waals surface area contributed by atoms with Gasteiger partial charge in [-0.25, -0.2) is 4.79 Å². The molecule has 0 aliphatic rings. The van der Waals surface area contributed by atoms with Crippen LogP contribution in [0.15, 0.2) is 42.2 Å². The van der Waals surface area contributed by atoms with Gasteiger partial charge in [-0.2, -0.15) is 0 Å². The second kappa shape index (κ2) is 8.18. The Morgan fingerprint density at radius 1 is 1.25 bits per heavy atom. The van der Waals surface area contributed by atoms with Crippen molar-refractivity contribution in [1.29, 1.82) is 0 Å². The Balaban J connectivity index is 2.51. The molecule has 0 fully saturated rings. The topological polar surface area (TPSA) is 51.2 Å². The summed E-state index contributed by atoms with van der Waals surface area (Å²) in [7, 11) is 0. The van der Waals surface area contributed by atoms with Gasteiger partial charge in [0, 0.05) is 23.6 Å². The van der Waals surface area contributed by atoms with Crippen molar-refractivity contribution < 1.29 is 9.53 Å². The largest absolute Gasteiger partial charge is 0.463 e. The number of nitrogens with zero attached hydrogens (tertiary/aromatic N) is 1. The Morgan fingerprint density at radius 3 is 2.62 bits per heavy atom. The average molecular weight is 365 g/mol. The summed E-state index contributed by atoms with van der Waals surface area (Å²) >= 11 is 12.0. The van der Waals surface area contributed by atoms with Gasteiger partial charge >= 0.3 is 5.97 Å². The maximum Gasteiger partial charge on any atom is 0.335 e. The molecule has 24 heavy (non-hydrogen) atoms. The molecule has 126 valence electrons. The number of hydrogen-bond acceptors (Lipinski definition) is 4. The van der Waals surface area contributed by atoms with Gasteiger partial charge in [0.25, 0.3) is 0 Å². The predicted molar refractivity (Wildman–Crippen MR) is 98.3 cm³/mol. The minimum atomic E-state index is -0.378. The van der Waals surface area contributed by atoms with E-state index in [2.05, 4.69) is 10.3 Å². The molecule has 0 atom stereocenters. The van der Waals surface area contributed by atoms with Gasteiger partial charge in [0.05, 0.1) is 27.9 Å². The number of hydrogen-bond donors (Lipinski definition) is 1. The molecule has 0 radical (unpaired) electrons. The maximum atomic E-state index is 12.2. The third-order valence-electron chi connectivity index (χ3n) is 3.44. The van der Waals surface area contributed by atoms with Crippen molar-refractivity contribution in [3.63, 3.8) is 0 Å². The van der Waals surface area contributed by atoms with Gasteiger partial charge in [-0.05, 0) is 50.6 Å². The summed E-state index contributed by atoms with van der Waals surface area (Å²) in [6.45, 7) is 5.73. The number of benzene rings is 1. The molecule has 2 aromatic rings. The lowest BCUT2D eigenvalue weighted by atomic mass is 10.0. The molecule has 1 aromatic carbocycles. The SMILES string of the molecule is CCOC(=O)/C(C)=C(\Nc1ccc(Cl)c(Cl)c1)c1ccncc1C. The smallest absolute Gasteiger partial charge is 0.335 e. The van der Waals surface area contributed by atoms with Crippen LogP contribution in [0.3, 0.4) is 0 Å². The van der Waals surface area contributed by atoms with Crippen LogP contribution in [-0.2, 0) is 9.53 Å². The number of carbonyl (C=O) groups is 1. The molecule has 1 aromatic heterocycles. The highest BCUT2D eigenvalue weighted by molar-refractivity contribution is 6.42. The van der Waals surface area contributed by atoms with Gasteiger partial charge in [-0.15, -0.1) is 0 Å². The third kappa shape index (κ3) is 4.28. The van der Waals surface area contributed by atoms with E-state index in [1.165, 1.54) is 0 Å². The zero-order valence-electron chi connectivity index (χ0n) is 13.7. The summed E-state index contributed by atoms with van der Waals surface area (Å²) in [6.07, 6.45) is 3.42. The summed E-state index contributed by atoms with van der Waals surface area (Å²) in [5, 5.41) is 4.15. The van der Waals surface area contributed by atoms with Crippen molar-refractivity contribution >= 4 is 40.6 Å². The minimum absolute atomic E-state index is 0.311. The van der Waals surface area contributed by atoms with Crippen LogP contribution >= 0.6 is 23.2 Å². The first-order valence-corrected chi connectivity index (χ1v) is 8.20. The molecule has 0 unspecified atom stereocenters. The van der Waals surface area contributed by atoms with Crippen molar-refractivity contribution in [3.05, 3.63) is 63.4 Å². The van der Waals surface area contributed by atoms with E-state index in [4.69, 9.17) is 27.9 Å². The van der Waals surface area contributed by atoms with Crippen LogP contribution in [0.2, 0.25) is 10.0 Å². The predicted octanol–water partition coefficient (Wildman–Crippen LogP) is 5.10. The van der Waals surface area contributed by atoms with E-state index in [1.807, 2.05) is 13.0 Å². The second-order valence-electron chi connectivity index (χ2n) is 5.16. The van der Waals surface area contributed by atoms with Crippen LogP contribution in [0.5, 0.6) is 0 Å². The van der Waals surface area contributed by atoms with Crippen molar-refractivity contribution in [3.8, 4) is 0 Å². The number of nitrogens with one attached hydrogen (secondary N) is 1. The Morgan fingerprint density at radius 2 is 2.00 bits per heavy atom.